The van der Waals surface area contributed by atoms with E-state index in [1.165, 1.54) is 4.57 Å². The maximum Gasteiger partial charge on any atom is 0.226 e. The Hall–Kier alpha value is -1.36. The van der Waals surface area contributed by atoms with Crippen molar-refractivity contribution in [2.75, 3.05) is 5.32 Å². The Morgan fingerprint density at radius 1 is 1.67 bits per heavy atom. The quantitative estimate of drug-likeness (QED) is 0.648. The molecule has 2 rings (SSSR count). The normalized spacial score (nSPS) is 19.7. The van der Waals surface area contributed by atoms with Gasteiger partial charge in [-0.15, -0.1) is 0 Å². The zero-order valence-electron chi connectivity index (χ0n) is 8.47. The average molecular weight is 227 g/mol. The molecule has 0 aromatic carbocycles. The van der Waals surface area contributed by atoms with Crippen LogP contribution in [0.5, 0.6) is 0 Å². The lowest BCUT2D eigenvalue weighted by molar-refractivity contribution is -0.116. The first-order valence-corrected chi connectivity index (χ1v) is 4.99. The van der Waals surface area contributed by atoms with Gasteiger partial charge in [0.15, 0.2) is 0 Å². The number of fused-ring (bicyclic) bond motifs is 1. The SMILES string of the molecule is CC1CC(=O)Nc2c1c(Cl)nc(=N)n2C. The van der Waals surface area contributed by atoms with Crippen LogP contribution in [0.15, 0.2) is 0 Å². The van der Waals surface area contributed by atoms with Gasteiger partial charge in [-0.3, -0.25) is 14.8 Å². The van der Waals surface area contributed by atoms with Crippen LogP contribution in [0.3, 0.4) is 0 Å². The lowest BCUT2D eigenvalue weighted by atomic mass is 9.96. The molecule has 1 aromatic heterocycles. The molecule has 1 aliphatic heterocycles. The Bertz CT molecular complexity index is 494. The van der Waals surface area contributed by atoms with Gasteiger partial charge in [0.2, 0.25) is 11.5 Å². The molecule has 1 aromatic rings. The number of hydrogen-bond acceptors (Lipinski definition) is 3. The number of carbonyl (C=O) groups excluding carboxylic acids is 1. The summed E-state index contributed by atoms with van der Waals surface area (Å²) in [4.78, 5) is 15.3. The average Bonchev–Trinajstić information content (AvgIpc) is 2.12. The van der Waals surface area contributed by atoms with E-state index < -0.39 is 0 Å². The largest absolute Gasteiger partial charge is 0.312 e. The number of amides is 1. The van der Waals surface area contributed by atoms with Crippen LogP contribution in [-0.2, 0) is 11.8 Å². The Kier molecular flexibility index (Phi) is 2.26. The summed E-state index contributed by atoms with van der Waals surface area (Å²) in [5.74, 6) is 0.580. The third-order valence-electron chi connectivity index (χ3n) is 2.58. The molecule has 2 N–H and O–H groups in total. The summed E-state index contributed by atoms with van der Waals surface area (Å²) in [5.41, 5.74) is 0.850. The first-order valence-electron chi connectivity index (χ1n) is 4.61. The third-order valence-corrected chi connectivity index (χ3v) is 2.86. The van der Waals surface area contributed by atoms with Crippen molar-refractivity contribution in [2.24, 2.45) is 7.05 Å². The highest BCUT2D eigenvalue weighted by atomic mass is 35.5. The fraction of sp³-hybridized carbons (Fsp3) is 0.444. The molecule has 2 heterocycles. The highest BCUT2D eigenvalue weighted by molar-refractivity contribution is 6.30. The van der Waals surface area contributed by atoms with Crippen molar-refractivity contribution in [3.8, 4) is 0 Å². The van der Waals surface area contributed by atoms with Gasteiger partial charge in [0, 0.05) is 19.0 Å². The van der Waals surface area contributed by atoms with Crippen LogP contribution in [0.4, 0.5) is 5.82 Å². The fourth-order valence-corrected chi connectivity index (χ4v) is 2.12. The summed E-state index contributed by atoms with van der Waals surface area (Å²) < 4.78 is 1.52. The Morgan fingerprint density at radius 2 is 2.33 bits per heavy atom. The van der Waals surface area contributed by atoms with Crippen LogP contribution in [0.25, 0.3) is 0 Å². The number of anilines is 1. The van der Waals surface area contributed by atoms with Crippen LogP contribution >= 0.6 is 11.6 Å². The van der Waals surface area contributed by atoms with Crippen LogP contribution in [0.1, 0.15) is 24.8 Å². The van der Waals surface area contributed by atoms with E-state index in [0.29, 0.717) is 17.4 Å². The van der Waals surface area contributed by atoms with Gasteiger partial charge in [0.25, 0.3) is 0 Å². The predicted octanol–water partition coefficient (Wildman–Crippen LogP) is 0.999. The molecule has 0 radical (unpaired) electrons. The zero-order valence-corrected chi connectivity index (χ0v) is 9.22. The maximum atomic E-state index is 11.4. The molecule has 1 aliphatic rings. The number of rotatable bonds is 0. The summed E-state index contributed by atoms with van der Waals surface area (Å²) in [6.45, 7) is 1.93. The molecule has 1 amide bonds. The third kappa shape index (κ3) is 1.52. The van der Waals surface area contributed by atoms with Crippen LogP contribution in [-0.4, -0.2) is 15.5 Å². The summed E-state index contributed by atoms with van der Waals surface area (Å²) in [7, 11) is 1.68. The second kappa shape index (κ2) is 3.34. The van der Waals surface area contributed by atoms with Crippen LogP contribution in [0.2, 0.25) is 5.15 Å². The Morgan fingerprint density at radius 3 is 3.00 bits per heavy atom. The monoisotopic (exact) mass is 226 g/mol. The van der Waals surface area contributed by atoms with Crippen LogP contribution in [0, 0.1) is 5.41 Å². The van der Waals surface area contributed by atoms with Gasteiger partial charge >= 0.3 is 0 Å². The van der Waals surface area contributed by atoms with Gasteiger partial charge in [-0.1, -0.05) is 18.5 Å². The standard InChI is InChI=1S/C9H11ClN4O/c1-4-3-5(15)12-8-6(4)7(10)13-9(11)14(8)2/h4,11H,3H2,1-2H3,(H,12,15). The second-order valence-corrected chi connectivity index (χ2v) is 4.06. The van der Waals surface area contributed by atoms with Crippen molar-refractivity contribution in [3.63, 3.8) is 0 Å². The summed E-state index contributed by atoms with van der Waals surface area (Å²) in [6.07, 6.45) is 0.408. The minimum absolute atomic E-state index is 0.0353. The summed E-state index contributed by atoms with van der Waals surface area (Å²) in [5, 5.41) is 10.6. The maximum absolute atomic E-state index is 11.4. The van der Waals surface area contributed by atoms with Crippen molar-refractivity contribution in [1.82, 2.24) is 9.55 Å². The van der Waals surface area contributed by atoms with E-state index in [9.17, 15) is 4.79 Å². The number of nitrogens with one attached hydrogen (secondary N) is 2. The minimum Gasteiger partial charge on any atom is -0.312 e. The molecule has 1 atom stereocenters. The van der Waals surface area contributed by atoms with Gasteiger partial charge < -0.3 is 5.32 Å². The van der Waals surface area contributed by atoms with Gasteiger partial charge in [-0.05, 0) is 5.92 Å². The summed E-state index contributed by atoms with van der Waals surface area (Å²) >= 11 is 5.97. The van der Waals surface area contributed by atoms with Crippen LogP contribution < -0.4 is 10.9 Å². The lowest BCUT2D eigenvalue weighted by Crippen LogP contribution is -2.32. The number of aromatic nitrogens is 2. The van der Waals surface area contributed by atoms with E-state index >= 15 is 0 Å². The first kappa shape index (κ1) is 10.2. The Balaban J connectivity index is 2.74. The van der Waals surface area contributed by atoms with E-state index in [0.717, 1.165) is 5.56 Å². The number of carbonyl (C=O) groups is 1. The minimum atomic E-state index is -0.0488. The molecule has 15 heavy (non-hydrogen) atoms. The molecular formula is C9H11ClN4O. The molecule has 0 saturated carbocycles. The molecule has 80 valence electrons. The van der Waals surface area contributed by atoms with Crippen molar-refractivity contribution in [2.45, 2.75) is 19.3 Å². The fourth-order valence-electron chi connectivity index (χ4n) is 1.76. The highest BCUT2D eigenvalue weighted by Gasteiger charge is 2.26. The molecule has 0 bridgehead atoms. The van der Waals surface area contributed by atoms with Gasteiger partial charge in [-0.2, -0.15) is 0 Å². The van der Waals surface area contributed by atoms with E-state index in [4.69, 9.17) is 17.0 Å². The number of hydrogen-bond donors (Lipinski definition) is 2. The van der Waals surface area contributed by atoms with Crippen molar-refractivity contribution >= 4 is 23.3 Å². The second-order valence-electron chi connectivity index (χ2n) is 3.70. The predicted molar refractivity (Wildman–Crippen MR) is 55.7 cm³/mol. The van der Waals surface area contributed by atoms with Gasteiger partial charge in [0.1, 0.15) is 11.0 Å². The highest BCUT2D eigenvalue weighted by Crippen LogP contribution is 2.34. The Labute approximate surface area is 91.6 Å². The van der Waals surface area contributed by atoms with Gasteiger partial charge in [-0.25, -0.2) is 4.98 Å². The van der Waals surface area contributed by atoms with E-state index in [2.05, 4.69) is 10.3 Å². The molecule has 6 heteroatoms. The smallest absolute Gasteiger partial charge is 0.226 e. The molecular weight excluding hydrogens is 216 g/mol. The molecule has 0 saturated heterocycles. The zero-order chi connectivity index (χ0) is 11.2. The molecule has 0 spiro atoms. The molecule has 1 unspecified atom stereocenters. The molecule has 0 aliphatic carbocycles. The number of nitrogens with zero attached hydrogens (tertiary/aromatic N) is 2. The van der Waals surface area contributed by atoms with Crippen molar-refractivity contribution in [1.29, 1.82) is 5.41 Å². The molecule has 5 nitrogen and oxygen atoms in total. The molecule has 0 fully saturated rings. The first-order chi connectivity index (χ1) is 7.00. The van der Waals surface area contributed by atoms with Crippen molar-refractivity contribution in [3.05, 3.63) is 16.3 Å². The lowest BCUT2D eigenvalue weighted by Gasteiger charge is -2.25. The van der Waals surface area contributed by atoms with Gasteiger partial charge in [0.05, 0.1) is 0 Å². The van der Waals surface area contributed by atoms with E-state index in [1.807, 2.05) is 6.92 Å². The van der Waals surface area contributed by atoms with Crippen molar-refractivity contribution < 1.29 is 4.79 Å². The van der Waals surface area contributed by atoms with E-state index in [-0.39, 0.29) is 17.4 Å². The van der Waals surface area contributed by atoms with E-state index in [1.54, 1.807) is 7.05 Å². The topological polar surface area (TPSA) is 70.8 Å². The summed E-state index contributed by atoms with van der Waals surface area (Å²) in [6, 6.07) is 0. The number of halogens is 1.